The molecule has 0 aliphatic carbocycles. The first-order valence-electron chi connectivity index (χ1n) is 9.44. The van der Waals surface area contributed by atoms with E-state index in [9.17, 15) is 9.59 Å². The van der Waals surface area contributed by atoms with Crippen molar-refractivity contribution < 1.29 is 4.79 Å². The zero-order chi connectivity index (χ0) is 20.3. The van der Waals surface area contributed by atoms with E-state index in [-0.39, 0.29) is 11.5 Å². The number of carbonyl (C=O) groups excluding carboxylic acids is 1. The van der Waals surface area contributed by atoms with Gasteiger partial charge in [-0.1, -0.05) is 42.3 Å². The Morgan fingerprint density at radius 1 is 1.00 bits per heavy atom. The van der Waals surface area contributed by atoms with Crippen LogP contribution in [0.4, 0.5) is 5.69 Å². The fourth-order valence-electron chi connectivity index (χ4n) is 3.14. The Labute approximate surface area is 165 Å². The van der Waals surface area contributed by atoms with Crippen molar-refractivity contribution in [2.24, 2.45) is 0 Å². The van der Waals surface area contributed by atoms with E-state index in [1.54, 1.807) is 6.07 Å². The van der Waals surface area contributed by atoms with Gasteiger partial charge < -0.3 is 5.32 Å². The molecule has 1 aromatic heterocycles. The molecule has 3 rings (SSSR count). The number of aromatic nitrogens is 2. The summed E-state index contributed by atoms with van der Waals surface area (Å²) in [5, 5.41) is 7.42. The van der Waals surface area contributed by atoms with Gasteiger partial charge in [-0.3, -0.25) is 9.59 Å². The van der Waals surface area contributed by atoms with Gasteiger partial charge in [-0.25, -0.2) is 4.68 Å². The topological polar surface area (TPSA) is 64.0 Å². The van der Waals surface area contributed by atoms with Crippen molar-refractivity contribution in [3.8, 4) is 11.3 Å². The molecule has 1 amide bonds. The lowest BCUT2D eigenvalue weighted by Gasteiger charge is -2.18. The lowest BCUT2D eigenvalue weighted by atomic mass is 10.0. The first-order chi connectivity index (χ1) is 13.4. The molecule has 0 unspecified atom stereocenters. The summed E-state index contributed by atoms with van der Waals surface area (Å²) in [6.07, 6.45) is 0.459. The number of anilines is 1. The molecule has 144 valence electrons. The molecule has 5 heteroatoms. The molecule has 3 aromatic rings. The molecule has 28 heavy (non-hydrogen) atoms. The van der Waals surface area contributed by atoms with Crippen LogP contribution >= 0.6 is 0 Å². The molecule has 0 aliphatic rings. The number of amides is 1. The monoisotopic (exact) mass is 375 g/mol. The van der Waals surface area contributed by atoms with E-state index in [0.717, 1.165) is 22.3 Å². The molecular formula is C23H25N3O2. The third-order valence-corrected chi connectivity index (χ3v) is 4.80. The molecule has 0 fully saturated rings. The normalized spacial score (nSPS) is 11.9. The molecule has 0 saturated heterocycles. The van der Waals surface area contributed by atoms with Gasteiger partial charge in [0, 0.05) is 17.3 Å². The molecule has 1 N–H and O–H groups in total. The first kappa shape index (κ1) is 19.5. The predicted octanol–water partition coefficient (Wildman–Crippen LogP) is 4.43. The Morgan fingerprint density at radius 2 is 1.68 bits per heavy atom. The van der Waals surface area contributed by atoms with E-state index in [1.165, 1.54) is 10.7 Å². The zero-order valence-electron chi connectivity index (χ0n) is 16.7. The van der Waals surface area contributed by atoms with Crippen molar-refractivity contribution in [1.29, 1.82) is 0 Å². The van der Waals surface area contributed by atoms with Gasteiger partial charge in [-0.15, -0.1) is 0 Å². The Bertz CT molecular complexity index is 1050. The van der Waals surface area contributed by atoms with Crippen LogP contribution in [-0.2, 0) is 4.79 Å². The Morgan fingerprint density at radius 3 is 2.36 bits per heavy atom. The Balaban J connectivity index is 1.96. The highest BCUT2D eigenvalue weighted by molar-refractivity contribution is 5.93. The lowest BCUT2D eigenvalue weighted by molar-refractivity contribution is -0.119. The number of nitrogens with zero attached hydrogens (tertiary/aromatic N) is 2. The van der Waals surface area contributed by atoms with Crippen LogP contribution in [0.3, 0.4) is 0 Å². The SMILES string of the molecule is CC[C@@H](C(=O)Nc1ccc(C)cc1)n1nc(-c2cc(C)ccc2C)ccc1=O. The van der Waals surface area contributed by atoms with Gasteiger partial charge in [-0.2, -0.15) is 5.10 Å². The summed E-state index contributed by atoms with van der Waals surface area (Å²) >= 11 is 0. The summed E-state index contributed by atoms with van der Waals surface area (Å²) in [5.41, 5.74) is 5.35. The van der Waals surface area contributed by atoms with Gasteiger partial charge in [-0.05, 0) is 57.0 Å². The van der Waals surface area contributed by atoms with E-state index in [0.29, 0.717) is 17.8 Å². The van der Waals surface area contributed by atoms with Crippen molar-refractivity contribution >= 4 is 11.6 Å². The average Bonchev–Trinajstić information content (AvgIpc) is 2.67. The molecular weight excluding hydrogens is 350 g/mol. The number of aryl methyl sites for hydroxylation is 3. The average molecular weight is 375 g/mol. The van der Waals surface area contributed by atoms with Gasteiger partial charge >= 0.3 is 0 Å². The van der Waals surface area contributed by atoms with Crippen molar-refractivity contribution in [1.82, 2.24) is 9.78 Å². The summed E-state index contributed by atoms with van der Waals surface area (Å²) in [7, 11) is 0. The maximum Gasteiger partial charge on any atom is 0.267 e. The minimum atomic E-state index is -0.682. The van der Waals surface area contributed by atoms with Crippen LogP contribution < -0.4 is 10.9 Å². The van der Waals surface area contributed by atoms with E-state index in [2.05, 4.69) is 10.4 Å². The maximum absolute atomic E-state index is 12.8. The molecule has 2 aromatic carbocycles. The predicted molar refractivity (Wildman–Crippen MR) is 113 cm³/mol. The molecule has 5 nitrogen and oxygen atoms in total. The fourth-order valence-corrected chi connectivity index (χ4v) is 3.14. The quantitative estimate of drug-likeness (QED) is 0.718. The van der Waals surface area contributed by atoms with Crippen LogP contribution in [0.5, 0.6) is 0 Å². The Kier molecular flexibility index (Phi) is 5.73. The fraction of sp³-hybridized carbons (Fsp3) is 0.261. The van der Waals surface area contributed by atoms with Crippen LogP contribution in [0.25, 0.3) is 11.3 Å². The van der Waals surface area contributed by atoms with E-state index < -0.39 is 6.04 Å². The van der Waals surface area contributed by atoms with E-state index in [4.69, 9.17) is 0 Å². The van der Waals surface area contributed by atoms with Crippen molar-refractivity contribution in [2.75, 3.05) is 5.32 Å². The van der Waals surface area contributed by atoms with Crippen LogP contribution in [0.1, 0.15) is 36.1 Å². The summed E-state index contributed by atoms with van der Waals surface area (Å²) < 4.78 is 1.29. The molecule has 0 aliphatic heterocycles. The number of hydrogen-bond donors (Lipinski definition) is 1. The highest BCUT2D eigenvalue weighted by Crippen LogP contribution is 2.23. The summed E-state index contributed by atoms with van der Waals surface area (Å²) in [6, 6.07) is 16.2. The summed E-state index contributed by atoms with van der Waals surface area (Å²) in [5.74, 6) is -0.251. The van der Waals surface area contributed by atoms with Crippen LogP contribution in [0.15, 0.2) is 59.4 Å². The van der Waals surface area contributed by atoms with Gasteiger partial charge in [0.25, 0.3) is 5.56 Å². The van der Waals surface area contributed by atoms with E-state index in [1.807, 2.05) is 70.2 Å². The van der Waals surface area contributed by atoms with Gasteiger partial charge in [0.2, 0.25) is 5.91 Å². The van der Waals surface area contributed by atoms with Gasteiger partial charge in [0.05, 0.1) is 5.69 Å². The summed E-state index contributed by atoms with van der Waals surface area (Å²) in [6.45, 7) is 7.89. The maximum atomic E-state index is 12.8. The number of hydrogen-bond acceptors (Lipinski definition) is 3. The van der Waals surface area contributed by atoms with Crippen LogP contribution in [-0.4, -0.2) is 15.7 Å². The van der Waals surface area contributed by atoms with Crippen molar-refractivity contribution in [3.63, 3.8) is 0 Å². The molecule has 1 heterocycles. The third kappa shape index (κ3) is 4.19. The minimum absolute atomic E-state index is 0.251. The van der Waals surface area contributed by atoms with Gasteiger partial charge in [0.1, 0.15) is 6.04 Å². The molecule has 0 bridgehead atoms. The number of nitrogens with one attached hydrogen (secondary N) is 1. The largest absolute Gasteiger partial charge is 0.324 e. The number of carbonyl (C=O) groups is 1. The van der Waals surface area contributed by atoms with Crippen molar-refractivity contribution in [2.45, 2.75) is 40.2 Å². The third-order valence-electron chi connectivity index (χ3n) is 4.80. The van der Waals surface area contributed by atoms with Crippen LogP contribution in [0, 0.1) is 20.8 Å². The second-order valence-electron chi connectivity index (χ2n) is 7.10. The second kappa shape index (κ2) is 8.21. The summed E-state index contributed by atoms with van der Waals surface area (Å²) in [4.78, 5) is 25.3. The Hall–Kier alpha value is -3.21. The first-order valence-corrected chi connectivity index (χ1v) is 9.44. The molecule has 0 radical (unpaired) electrons. The molecule has 1 atom stereocenters. The molecule has 0 saturated carbocycles. The smallest absolute Gasteiger partial charge is 0.267 e. The lowest BCUT2D eigenvalue weighted by Crippen LogP contribution is -2.34. The van der Waals surface area contributed by atoms with Gasteiger partial charge in [0.15, 0.2) is 0 Å². The zero-order valence-corrected chi connectivity index (χ0v) is 16.7. The van der Waals surface area contributed by atoms with Crippen molar-refractivity contribution in [3.05, 3.63) is 81.6 Å². The van der Waals surface area contributed by atoms with Crippen LogP contribution in [0.2, 0.25) is 0 Å². The second-order valence-corrected chi connectivity index (χ2v) is 7.10. The highest BCUT2D eigenvalue weighted by atomic mass is 16.2. The minimum Gasteiger partial charge on any atom is -0.324 e. The number of benzene rings is 2. The molecule has 0 spiro atoms. The number of rotatable bonds is 5. The highest BCUT2D eigenvalue weighted by Gasteiger charge is 2.21. The standard InChI is InChI=1S/C23H25N3O2/c1-5-21(23(28)24-18-10-7-15(2)8-11-18)26-22(27)13-12-20(25-26)19-14-16(3)6-9-17(19)4/h6-14,21H,5H2,1-4H3,(H,24,28)/t21-/m0/s1. The van der Waals surface area contributed by atoms with E-state index >= 15 is 0 Å².